The minimum absolute atomic E-state index is 0.221. The van der Waals surface area contributed by atoms with Crippen LogP contribution < -0.4 is 14.4 Å². The van der Waals surface area contributed by atoms with Crippen LogP contribution in [0, 0.1) is 6.92 Å². The first-order valence-corrected chi connectivity index (χ1v) is 13.8. The van der Waals surface area contributed by atoms with Crippen LogP contribution in [-0.2, 0) is 9.53 Å². The Morgan fingerprint density at radius 3 is 2.15 bits per heavy atom. The fourth-order valence-corrected chi connectivity index (χ4v) is 5.30. The highest BCUT2D eigenvalue weighted by atomic mass is 79.9. The van der Waals surface area contributed by atoms with Gasteiger partial charge in [0.1, 0.15) is 18.0 Å². The van der Waals surface area contributed by atoms with Gasteiger partial charge in [0, 0.05) is 16.8 Å². The molecule has 6 nitrogen and oxygen atoms in total. The number of halogens is 2. The number of carbonyl (C=O) groups is 2. The number of esters is 1. The highest BCUT2D eigenvalue weighted by Crippen LogP contribution is 2.42. The van der Waals surface area contributed by atoms with Crippen LogP contribution in [0.2, 0.25) is 0 Å². The summed E-state index contributed by atoms with van der Waals surface area (Å²) in [5.74, 6) is 1.02. The number of anilines is 1. The van der Waals surface area contributed by atoms with E-state index >= 15 is 0 Å². The predicted molar refractivity (Wildman–Crippen MR) is 160 cm³/mol. The summed E-state index contributed by atoms with van der Waals surface area (Å²) >= 11 is 7.19. The smallest absolute Gasteiger partial charge is 0.326 e. The van der Waals surface area contributed by atoms with Crippen LogP contribution in [0.1, 0.15) is 22.8 Å². The van der Waals surface area contributed by atoms with Crippen LogP contribution in [-0.4, -0.2) is 32.1 Å². The van der Waals surface area contributed by atoms with Crippen LogP contribution in [0.15, 0.2) is 93.9 Å². The molecule has 4 aromatic rings. The normalized spacial score (nSPS) is 10.6. The molecule has 0 spiro atoms. The van der Waals surface area contributed by atoms with Gasteiger partial charge in [-0.3, -0.25) is 14.5 Å². The summed E-state index contributed by atoms with van der Waals surface area (Å²) in [6.07, 6.45) is 0. The summed E-state index contributed by atoms with van der Waals surface area (Å²) in [5, 5.41) is 0. The van der Waals surface area contributed by atoms with Crippen molar-refractivity contribution in [2.45, 2.75) is 13.8 Å². The Kier molecular flexibility index (Phi) is 9.43. The first-order valence-electron chi connectivity index (χ1n) is 12.2. The number of ether oxygens (including phenoxy) is 3. The number of amides is 1. The van der Waals surface area contributed by atoms with Gasteiger partial charge in [-0.25, -0.2) is 0 Å². The number of rotatable bonds is 9. The second-order valence-corrected chi connectivity index (χ2v) is 10.3. The summed E-state index contributed by atoms with van der Waals surface area (Å²) < 4.78 is 18.2. The van der Waals surface area contributed by atoms with E-state index < -0.39 is 5.97 Å². The van der Waals surface area contributed by atoms with Crippen LogP contribution in [0.25, 0.3) is 11.1 Å². The van der Waals surface area contributed by atoms with Crippen LogP contribution in [0.5, 0.6) is 17.2 Å². The zero-order valence-electron chi connectivity index (χ0n) is 21.7. The molecular weight excluding hydrogens is 626 g/mol. The van der Waals surface area contributed by atoms with Crippen molar-refractivity contribution in [1.82, 2.24) is 0 Å². The van der Waals surface area contributed by atoms with Crippen molar-refractivity contribution in [2.75, 3.05) is 25.2 Å². The molecule has 8 heteroatoms. The van der Waals surface area contributed by atoms with Gasteiger partial charge < -0.3 is 14.2 Å². The first-order chi connectivity index (χ1) is 18.8. The van der Waals surface area contributed by atoms with Crippen LogP contribution >= 0.6 is 31.9 Å². The summed E-state index contributed by atoms with van der Waals surface area (Å²) in [5.41, 5.74) is 3.88. The zero-order chi connectivity index (χ0) is 27.9. The van der Waals surface area contributed by atoms with Gasteiger partial charge in [-0.2, -0.15) is 0 Å². The van der Waals surface area contributed by atoms with E-state index in [1.54, 1.807) is 38.3 Å². The molecule has 0 N–H and O–H groups in total. The molecule has 0 unspecified atom stereocenters. The van der Waals surface area contributed by atoms with E-state index in [4.69, 9.17) is 14.2 Å². The van der Waals surface area contributed by atoms with E-state index in [2.05, 4.69) is 31.9 Å². The Labute approximate surface area is 244 Å². The van der Waals surface area contributed by atoms with Gasteiger partial charge in [0.25, 0.3) is 5.91 Å². The fourth-order valence-electron chi connectivity index (χ4n) is 3.98. The molecule has 0 aromatic heterocycles. The third-order valence-electron chi connectivity index (χ3n) is 5.91. The van der Waals surface area contributed by atoms with E-state index in [1.165, 1.54) is 4.90 Å². The maximum atomic E-state index is 13.5. The Hall–Kier alpha value is -3.62. The lowest BCUT2D eigenvalue weighted by atomic mass is 10.0. The molecule has 39 heavy (non-hydrogen) atoms. The molecule has 1 amide bonds. The van der Waals surface area contributed by atoms with Crippen molar-refractivity contribution in [3.63, 3.8) is 0 Å². The average molecular weight is 653 g/mol. The van der Waals surface area contributed by atoms with Gasteiger partial charge in [-0.15, -0.1) is 0 Å². The van der Waals surface area contributed by atoms with Crippen molar-refractivity contribution in [2.24, 2.45) is 0 Å². The Morgan fingerprint density at radius 1 is 0.872 bits per heavy atom. The number of hydrogen-bond donors (Lipinski definition) is 0. The summed E-state index contributed by atoms with van der Waals surface area (Å²) in [7, 11) is 1.63. The second-order valence-electron chi connectivity index (χ2n) is 8.63. The third-order valence-corrected chi connectivity index (χ3v) is 7.08. The molecule has 0 aliphatic carbocycles. The molecule has 4 aromatic carbocycles. The van der Waals surface area contributed by atoms with Gasteiger partial charge in [-0.1, -0.05) is 48.0 Å². The predicted octanol–water partition coefficient (Wildman–Crippen LogP) is 8.20. The van der Waals surface area contributed by atoms with Crippen molar-refractivity contribution in [3.05, 3.63) is 105 Å². The lowest BCUT2D eigenvalue weighted by Gasteiger charge is -2.23. The van der Waals surface area contributed by atoms with Gasteiger partial charge >= 0.3 is 5.97 Å². The van der Waals surface area contributed by atoms with Gasteiger partial charge in [0.05, 0.1) is 22.7 Å². The maximum Gasteiger partial charge on any atom is 0.326 e. The minimum atomic E-state index is -0.503. The van der Waals surface area contributed by atoms with E-state index in [-0.39, 0.29) is 19.1 Å². The van der Waals surface area contributed by atoms with Crippen molar-refractivity contribution in [3.8, 4) is 28.4 Å². The topological polar surface area (TPSA) is 65.1 Å². The number of carbonyl (C=O) groups excluding carboxylic acids is 2. The fraction of sp³-hybridized carbons (Fsp3) is 0.161. The van der Waals surface area contributed by atoms with Crippen LogP contribution in [0.3, 0.4) is 0 Å². The minimum Gasteiger partial charge on any atom is -0.496 e. The van der Waals surface area contributed by atoms with E-state index in [9.17, 15) is 9.59 Å². The molecule has 0 heterocycles. The molecule has 4 rings (SSSR count). The molecule has 200 valence electrons. The molecule has 0 radical (unpaired) electrons. The van der Waals surface area contributed by atoms with Gasteiger partial charge in [0.15, 0.2) is 5.75 Å². The highest BCUT2D eigenvalue weighted by Gasteiger charge is 2.24. The second kappa shape index (κ2) is 13.0. The molecule has 0 atom stereocenters. The quantitative estimate of drug-likeness (QED) is 0.171. The van der Waals surface area contributed by atoms with E-state index in [1.807, 2.05) is 67.6 Å². The Morgan fingerprint density at radius 2 is 1.54 bits per heavy atom. The lowest BCUT2D eigenvalue weighted by molar-refractivity contribution is -0.141. The van der Waals surface area contributed by atoms with Gasteiger partial charge in [-0.05, 0) is 93.7 Å². The number of benzene rings is 4. The number of methoxy groups -OCH3 is 1. The van der Waals surface area contributed by atoms with E-state index in [0.717, 1.165) is 22.4 Å². The first kappa shape index (κ1) is 28.4. The third kappa shape index (κ3) is 6.88. The van der Waals surface area contributed by atoms with Gasteiger partial charge in [0.2, 0.25) is 0 Å². The standard InChI is InChI=1S/C31H27Br2NO5/c1-4-38-29(35)19-34(31(36)22-12-10-20(2)11-13-22)23-16-26(32)30(27(33)17-23)39-24-14-15-28(37-3)25(18-24)21-8-6-5-7-9-21/h5-18H,4,19H2,1-3H3. The monoisotopic (exact) mass is 651 g/mol. The molecular formula is C31H27Br2NO5. The molecule has 0 saturated heterocycles. The van der Waals surface area contributed by atoms with E-state index in [0.29, 0.717) is 31.7 Å². The maximum absolute atomic E-state index is 13.5. The molecule has 0 saturated carbocycles. The molecule has 0 fully saturated rings. The van der Waals surface area contributed by atoms with Crippen LogP contribution in [0.4, 0.5) is 5.69 Å². The molecule has 0 aliphatic heterocycles. The summed E-state index contributed by atoms with van der Waals surface area (Å²) in [4.78, 5) is 27.3. The summed E-state index contributed by atoms with van der Waals surface area (Å²) in [6, 6.07) is 26.2. The summed E-state index contributed by atoms with van der Waals surface area (Å²) in [6.45, 7) is 3.66. The lowest BCUT2D eigenvalue weighted by Crippen LogP contribution is -2.36. The average Bonchev–Trinajstić information content (AvgIpc) is 2.94. The SMILES string of the molecule is CCOC(=O)CN(C(=O)c1ccc(C)cc1)c1cc(Br)c(Oc2ccc(OC)c(-c3ccccc3)c2)c(Br)c1. The van der Waals surface area contributed by atoms with Crippen molar-refractivity contribution < 1.29 is 23.8 Å². The zero-order valence-corrected chi connectivity index (χ0v) is 24.9. The van der Waals surface area contributed by atoms with Crippen molar-refractivity contribution in [1.29, 1.82) is 0 Å². The molecule has 0 aliphatic rings. The number of aryl methyl sites for hydroxylation is 1. The highest BCUT2D eigenvalue weighted by molar-refractivity contribution is 9.11. The Balaban J connectivity index is 1.68. The largest absolute Gasteiger partial charge is 0.496 e. The number of hydrogen-bond acceptors (Lipinski definition) is 5. The Bertz CT molecular complexity index is 1450. The number of nitrogens with zero attached hydrogens (tertiary/aromatic N) is 1. The molecule has 0 bridgehead atoms. The van der Waals surface area contributed by atoms with Crippen molar-refractivity contribution >= 4 is 49.4 Å².